The molecule has 0 saturated carbocycles. The number of hydrogen-bond donors (Lipinski definition) is 1. The minimum Gasteiger partial charge on any atom is -0.496 e. The molecule has 18 heavy (non-hydrogen) atoms. The summed E-state index contributed by atoms with van der Waals surface area (Å²) in [5.41, 5.74) is 5.90. The van der Waals surface area contributed by atoms with Crippen LogP contribution in [-0.2, 0) is 0 Å². The van der Waals surface area contributed by atoms with Gasteiger partial charge in [-0.2, -0.15) is 0 Å². The minimum absolute atomic E-state index is 0.0359. The van der Waals surface area contributed by atoms with Gasteiger partial charge >= 0.3 is 0 Å². The summed E-state index contributed by atoms with van der Waals surface area (Å²) in [6, 6.07) is 9.19. The highest BCUT2D eigenvalue weighted by Crippen LogP contribution is 2.34. The number of methoxy groups -OCH3 is 2. The molecule has 2 aromatic carbocycles. The maximum atomic E-state index is 11.8. The topological polar surface area (TPSA) is 61.5 Å². The fourth-order valence-corrected chi connectivity index (χ4v) is 2.03. The summed E-state index contributed by atoms with van der Waals surface area (Å²) in [6.07, 6.45) is 0. The third-order valence-corrected chi connectivity index (χ3v) is 2.88. The maximum Gasteiger partial charge on any atom is 0.180 e. The first-order valence-corrected chi connectivity index (χ1v) is 5.60. The number of carbonyl (C=O) groups excluding carboxylic acids is 1. The summed E-state index contributed by atoms with van der Waals surface area (Å²) in [7, 11) is 3.15. The third-order valence-electron chi connectivity index (χ3n) is 2.88. The molecule has 0 bridgehead atoms. The second kappa shape index (κ2) is 5.06. The maximum absolute atomic E-state index is 11.8. The summed E-state index contributed by atoms with van der Waals surface area (Å²) in [6.45, 7) is -0.0359. The molecule has 2 aromatic rings. The Morgan fingerprint density at radius 2 is 1.89 bits per heavy atom. The Hall–Kier alpha value is -2.07. The van der Waals surface area contributed by atoms with Crippen LogP contribution in [0.25, 0.3) is 10.8 Å². The number of fused-ring (bicyclic) bond motifs is 1. The van der Waals surface area contributed by atoms with Gasteiger partial charge in [-0.25, -0.2) is 0 Å². The summed E-state index contributed by atoms with van der Waals surface area (Å²) in [4.78, 5) is 11.8. The predicted molar refractivity (Wildman–Crippen MR) is 70.4 cm³/mol. The third kappa shape index (κ3) is 1.91. The molecule has 0 heterocycles. The molecule has 94 valence electrons. The van der Waals surface area contributed by atoms with E-state index in [1.54, 1.807) is 20.3 Å². The minimum atomic E-state index is -0.142. The lowest BCUT2D eigenvalue weighted by Crippen LogP contribution is -2.14. The van der Waals surface area contributed by atoms with Crippen molar-refractivity contribution in [2.45, 2.75) is 0 Å². The molecule has 0 aliphatic carbocycles. The van der Waals surface area contributed by atoms with Gasteiger partial charge in [0.1, 0.15) is 11.5 Å². The Balaban J connectivity index is 2.76. The molecule has 0 aromatic heterocycles. The fourth-order valence-electron chi connectivity index (χ4n) is 2.03. The van der Waals surface area contributed by atoms with E-state index in [2.05, 4.69) is 0 Å². The van der Waals surface area contributed by atoms with E-state index in [0.29, 0.717) is 11.3 Å². The second-order valence-electron chi connectivity index (χ2n) is 3.83. The van der Waals surface area contributed by atoms with E-state index in [1.807, 2.05) is 24.3 Å². The van der Waals surface area contributed by atoms with Crippen LogP contribution in [0.2, 0.25) is 0 Å². The molecule has 0 aliphatic rings. The van der Waals surface area contributed by atoms with E-state index in [0.717, 1.165) is 16.5 Å². The highest BCUT2D eigenvalue weighted by Gasteiger charge is 2.15. The van der Waals surface area contributed by atoms with E-state index in [-0.39, 0.29) is 12.3 Å². The van der Waals surface area contributed by atoms with E-state index < -0.39 is 0 Å². The van der Waals surface area contributed by atoms with Gasteiger partial charge in [0.05, 0.1) is 26.3 Å². The van der Waals surface area contributed by atoms with Crippen molar-refractivity contribution in [3.63, 3.8) is 0 Å². The molecular formula is C14H15NO3. The van der Waals surface area contributed by atoms with E-state index in [1.165, 1.54) is 0 Å². The molecule has 2 rings (SSSR count). The molecule has 0 amide bonds. The standard InChI is InChI=1S/C14H15NO3/c1-17-13-5-3-4-10-9(13)6-7-11(12(16)8-15)14(10)18-2/h3-7H,8,15H2,1-2H3. The summed E-state index contributed by atoms with van der Waals surface area (Å²) >= 11 is 0. The van der Waals surface area contributed by atoms with Crippen molar-refractivity contribution in [3.05, 3.63) is 35.9 Å². The first kappa shape index (κ1) is 12.4. The molecule has 0 saturated heterocycles. The number of benzene rings is 2. The lowest BCUT2D eigenvalue weighted by atomic mass is 10.0. The summed E-state index contributed by atoms with van der Waals surface area (Å²) in [5.74, 6) is 1.15. The van der Waals surface area contributed by atoms with Crippen LogP contribution in [0.3, 0.4) is 0 Å². The van der Waals surface area contributed by atoms with Gasteiger partial charge in [-0.1, -0.05) is 12.1 Å². The van der Waals surface area contributed by atoms with Crippen molar-refractivity contribution in [1.82, 2.24) is 0 Å². The van der Waals surface area contributed by atoms with Crippen molar-refractivity contribution >= 4 is 16.6 Å². The smallest absolute Gasteiger partial charge is 0.180 e. The molecule has 4 nitrogen and oxygen atoms in total. The van der Waals surface area contributed by atoms with Crippen LogP contribution in [0, 0.1) is 0 Å². The van der Waals surface area contributed by atoms with Crippen molar-refractivity contribution in [3.8, 4) is 11.5 Å². The van der Waals surface area contributed by atoms with Gasteiger partial charge < -0.3 is 15.2 Å². The Morgan fingerprint density at radius 1 is 1.11 bits per heavy atom. The van der Waals surface area contributed by atoms with Crippen LogP contribution in [0.15, 0.2) is 30.3 Å². The normalized spacial score (nSPS) is 10.4. The van der Waals surface area contributed by atoms with Crippen molar-refractivity contribution in [2.24, 2.45) is 5.73 Å². The number of ketones is 1. The number of carbonyl (C=O) groups is 1. The lowest BCUT2D eigenvalue weighted by Gasteiger charge is -2.12. The number of hydrogen-bond acceptors (Lipinski definition) is 4. The zero-order valence-electron chi connectivity index (χ0n) is 10.4. The Bertz CT molecular complexity index is 593. The highest BCUT2D eigenvalue weighted by atomic mass is 16.5. The first-order chi connectivity index (χ1) is 8.72. The molecule has 0 aliphatic heterocycles. The van der Waals surface area contributed by atoms with Crippen LogP contribution < -0.4 is 15.2 Å². The monoisotopic (exact) mass is 245 g/mol. The van der Waals surface area contributed by atoms with Crippen LogP contribution in [-0.4, -0.2) is 26.5 Å². The quantitative estimate of drug-likeness (QED) is 0.837. The Kier molecular flexibility index (Phi) is 3.48. The Labute approximate surface area is 105 Å². The molecule has 0 fully saturated rings. The van der Waals surface area contributed by atoms with Gasteiger partial charge in [0.2, 0.25) is 0 Å². The summed E-state index contributed by atoms with van der Waals surface area (Å²) < 4.78 is 10.6. The average Bonchev–Trinajstić information content (AvgIpc) is 2.44. The van der Waals surface area contributed by atoms with Crippen molar-refractivity contribution in [1.29, 1.82) is 0 Å². The summed E-state index contributed by atoms with van der Waals surface area (Å²) in [5, 5.41) is 1.75. The molecule has 0 unspecified atom stereocenters. The average molecular weight is 245 g/mol. The van der Waals surface area contributed by atoms with Crippen molar-refractivity contribution in [2.75, 3.05) is 20.8 Å². The van der Waals surface area contributed by atoms with E-state index >= 15 is 0 Å². The molecule has 2 N–H and O–H groups in total. The first-order valence-electron chi connectivity index (χ1n) is 5.60. The fraction of sp³-hybridized carbons (Fsp3) is 0.214. The zero-order chi connectivity index (χ0) is 13.1. The number of Topliss-reactive ketones (excluding diaryl/α,β-unsaturated/α-hetero) is 1. The highest BCUT2D eigenvalue weighted by molar-refractivity contribution is 6.06. The molecular weight excluding hydrogens is 230 g/mol. The van der Waals surface area contributed by atoms with Crippen molar-refractivity contribution < 1.29 is 14.3 Å². The molecule has 0 spiro atoms. The zero-order valence-corrected chi connectivity index (χ0v) is 10.4. The van der Waals surface area contributed by atoms with Gasteiger partial charge in [-0.15, -0.1) is 0 Å². The number of rotatable bonds is 4. The second-order valence-corrected chi connectivity index (χ2v) is 3.83. The predicted octanol–water partition coefficient (Wildman–Crippen LogP) is 2.00. The number of nitrogens with two attached hydrogens (primary N) is 1. The SMILES string of the molecule is COc1cccc2c(OC)c(C(=O)CN)ccc12. The van der Waals surface area contributed by atoms with Crippen LogP contribution in [0.4, 0.5) is 0 Å². The van der Waals surface area contributed by atoms with Gasteiger partial charge in [0.15, 0.2) is 5.78 Å². The molecule has 0 atom stereocenters. The van der Waals surface area contributed by atoms with Gasteiger partial charge in [0.25, 0.3) is 0 Å². The van der Waals surface area contributed by atoms with E-state index in [4.69, 9.17) is 15.2 Å². The number of ether oxygens (including phenoxy) is 2. The van der Waals surface area contributed by atoms with Gasteiger partial charge in [0, 0.05) is 10.8 Å². The van der Waals surface area contributed by atoms with E-state index in [9.17, 15) is 4.79 Å². The van der Waals surface area contributed by atoms with Gasteiger partial charge in [-0.3, -0.25) is 4.79 Å². The van der Waals surface area contributed by atoms with Crippen LogP contribution >= 0.6 is 0 Å². The lowest BCUT2D eigenvalue weighted by molar-refractivity contribution is 0.0998. The molecule has 0 radical (unpaired) electrons. The van der Waals surface area contributed by atoms with Gasteiger partial charge in [-0.05, 0) is 18.2 Å². The molecule has 4 heteroatoms. The largest absolute Gasteiger partial charge is 0.496 e. The Morgan fingerprint density at radius 3 is 2.50 bits per heavy atom. The van der Waals surface area contributed by atoms with Crippen LogP contribution in [0.5, 0.6) is 11.5 Å². The van der Waals surface area contributed by atoms with Crippen LogP contribution in [0.1, 0.15) is 10.4 Å².